The molecule has 0 aliphatic heterocycles. The van der Waals surface area contributed by atoms with Gasteiger partial charge in [-0.2, -0.15) is 0 Å². The van der Waals surface area contributed by atoms with Crippen LogP contribution in [0.3, 0.4) is 0 Å². The molecule has 0 spiro atoms. The summed E-state index contributed by atoms with van der Waals surface area (Å²) in [4.78, 5) is 0. The summed E-state index contributed by atoms with van der Waals surface area (Å²) in [5.74, 6) is 1.79. The van der Waals surface area contributed by atoms with Gasteiger partial charge >= 0.3 is 0 Å². The first kappa shape index (κ1) is 14.5. The minimum atomic E-state index is 0.417. The van der Waals surface area contributed by atoms with E-state index in [0.717, 1.165) is 11.8 Å². The van der Waals surface area contributed by atoms with Crippen LogP contribution in [0.2, 0.25) is 0 Å². The third-order valence-electron chi connectivity index (χ3n) is 9.76. The van der Waals surface area contributed by atoms with Crippen molar-refractivity contribution in [1.82, 2.24) is 0 Å². The van der Waals surface area contributed by atoms with Crippen molar-refractivity contribution in [2.45, 2.75) is 92.3 Å². The molecule has 1 nitrogen and oxygen atoms in total. The summed E-state index contributed by atoms with van der Waals surface area (Å²) < 4.78 is 6.92. The molecule has 6 unspecified atom stereocenters. The van der Waals surface area contributed by atoms with Gasteiger partial charge in [-0.1, -0.05) is 41.5 Å². The van der Waals surface area contributed by atoms with Crippen molar-refractivity contribution in [3.05, 3.63) is 0 Å². The third-order valence-corrected chi connectivity index (χ3v) is 9.76. The Bertz CT molecular complexity index is 422. The van der Waals surface area contributed by atoms with Crippen LogP contribution in [-0.2, 0) is 4.74 Å². The Morgan fingerprint density at radius 1 is 0.667 bits per heavy atom. The van der Waals surface area contributed by atoms with Crippen molar-refractivity contribution in [3.63, 3.8) is 0 Å². The van der Waals surface area contributed by atoms with Crippen LogP contribution in [0, 0.1) is 33.5 Å². The summed E-state index contributed by atoms with van der Waals surface area (Å²) in [5.41, 5.74) is 1.79. The van der Waals surface area contributed by atoms with E-state index in [4.69, 9.17) is 4.74 Å². The largest absolute Gasteiger partial charge is 0.374 e. The summed E-state index contributed by atoms with van der Waals surface area (Å²) in [6, 6.07) is 0. The van der Waals surface area contributed by atoms with Crippen LogP contribution in [0.25, 0.3) is 0 Å². The summed E-state index contributed by atoms with van der Waals surface area (Å²) >= 11 is 0. The van der Waals surface area contributed by atoms with Crippen molar-refractivity contribution in [3.8, 4) is 0 Å². The van der Waals surface area contributed by atoms with E-state index >= 15 is 0 Å². The molecule has 0 saturated heterocycles. The lowest BCUT2D eigenvalue weighted by Crippen LogP contribution is -2.44. The highest BCUT2D eigenvalue weighted by atomic mass is 16.5. The predicted molar refractivity (Wildman–Crippen MR) is 87.1 cm³/mol. The van der Waals surface area contributed by atoms with Crippen molar-refractivity contribution in [2.75, 3.05) is 0 Å². The van der Waals surface area contributed by atoms with Gasteiger partial charge in [0, 0.05) is 0 Å². The Morgan fingerprint density at radius 2 is 1.05 bits per heavy atom. The third kappa shape index (κ3) is 1.48. The van der Waals surface area contributed by atoms with Gasteiger partial charge in [0.15, 0.2) is 0 Å². The number of hydrogen-bond acceptors (Lipinski definition) is 1. The molecule has 1 heteroatoms. The second-order valence-corrected chi connectivity index (χ2v) is 10.3. The topological polar surface area (TPSA) is 9.23 Å². The van der Waals surface area contributed by atoms with E-state index < -0.39 is 0 Å². The molecule has 0 radical (unpaired) electrons. The predicted octanol–water partition coefficient (Wildman–Crippen LogP) is 5.43. The van der Waals surface area contributed by atoms with Crippen molar-refractivity contribution >= 4 is 0 Å². The molecule has 21 heavy (non-hydrogen) atoms. The zero-order valence-corrected chi connectivity index (χ0v) is 15.0. The molecular weight excluding hydrogens is 256 g/mol. The summed E-state index contributed by atoms with van der Waals surface area (Å²) in [7, 11) is 0. The van der Waals surface area contributed by atoms with E-state index in [9.17, 15) is 0 Å². The fourth-order valence-electron chi connectivity index (χ4n) is 6.87. The minimum absolute atomic E-state index is 0.417. The van der Waals surface area contributed by atoms with E-state index in [2.05, 4.69) is 41.5 Å². The first-order valence-corrected chi connectivity index (χ1v) is 9.28. The first-order valence-electron chi connectivity index (χ1n) is 9.28. The Kier molecular flexibility index (Phi) is 2.69. The Morgan fingerprint density at radius 3 is 1.29 bits per heavy atom. The zero-order chi connectivity index (χ0) is 15.3. The summed E-state index contributed by atoms with van der Waals surface area (Å²) in [6.45, 7) is 15.0. The molecule has 0 amide bonds. The first-order chi connectivity index (χ1) is 9.63. The van der Waals surface area contributed by atoms with Crippen molar-refractivity contribution in [1.29, 1.82) is 0 Å². The number of ether oxygens (including phenoxy) is 1. The second kappa shape index (κ2) is 3.89. The Labute approximate surface area is 131 Å². The fraction of sp³-hybridized carbons (Fsp3) is 1.00. The number of hydrogen-bond donors (Lipinski definition) is 0. The van der Waals surface area contributed by atoms with Crippen molar-refractivity contribution < 1.29 is 4.74 Å². The van der Waals surface area contributed by atoms with Crippen LogP contribution in [0.5, 0.6) is 0 Å². The standard InChI is InChI=1S/C20H34O/c1-17(2)13-7-9-19(17,5)15(11-13)21-16-12-14-8-10-20(16,6)18(14,3)4/h13-16H,7-12H2,1-6H3. The molecule has 0 heterocycles. The van der Waals surface area contributed by atoms with Crippen LogP contribution in [0.4, 0.5) is 0 Å². The van der Waals surface area contributed by atoms with Crippen LogP contribution < -0.4 is 0 Å². The van der Waals surface area contributed by atoms with E-state index in [1.807, 2.05) is 0 Å². The van der Waals surface area contributed by atoms with Crippen LogP contribution in [-0.4, -0.2) is 12.2 Å². The van der Waals surface area contributed by atoms with Gasteiger partial charge in [0.25, 0.3) is 0 Å². The molecule has 0 N–H and O–H groups in total. The summed E-state index contributed by atoms with van der Waals surface area (Å²) in [5, 5.41) is 0. The van der Waals surface area contributed by atoms with E-state index in [1.165, 1.54) is 38.5 Å². The maximum absolute atomic E-state index is 6.92. The Hall–Kier alpha value is -0.0400. The average molecular weight is 290 g/mol. The molecule has 4 aliphatic carbocycles. The molecule has 0 aromatic rings. The van der Waals surface area contributed by atoms with E-state index in [1.54, 1.807) is 0 Å². The highest BCUT2D eigenvalue weighted by molar-refractivity contribution is 5.14. The van der Waals surface area contributed by atoms with Gasteiger partial charge < -0.3 is 4.74 Å². The monoisotopic (exact) mass is 290 g/mol. The lowest BCUT2D eigenvalue weighted by Gasteiger charge is -2.44. The van der Waals surface area contributed by atoms with Gasteiger partial charge in [0.1, 0.15) is 0 Å². The normalized spacial score (nSPS) is 56.3. The average Bonchev–Trinajstić information content (AvgIpc) is 2.90. The highest BCUT2D eigenvalue weighted by Crippen LogP contribution is 2.70. The molecular formula is C20H34O. The molecule has 4 bridgehead atoms. The van der Waals surface area contributed by atoms with Gasteiger partial charge in [-0.3, -0.25) is 0 Å². The molecule has 4 fully saturated rings. The lowest BCUT2D eigenvalue weighted by molar-refractivity contribution is -0.132. The number of fused-ring (bicyclic) bond motifs is 4. The van der Waals surface area contributed by atoms with E-state index in [0.29, 0.717) is 33.9 Å². The molecule has 0 aromatic carbocycles. The molecule has 4 rings (SSSR count). The van der Waals surface area contributed by atoms with Gasteiger partial charge in [0.2, 0.25) is 0 Å². The molecule has 4 aliphatic rings. The highest BCUT2D eigenvalue weighted by Gasteiger charge is 2.66. The summed E-state index contributed by atoms with van der Waals surface area (Å²) in [6.07, 6.45) is 9.30. The fourth-order valence-corrected chi connectivity index (χ4v) is 6.87. The molecule has 120 valence electrons. The second-order valence-electron chi connectivity index (χ2n) is 10.3. The number of rotatable bonds is 2. The minimum Gasteiger partial charge on any atom is -0.374 e. The maximum Gasteiger partial charge on any atom is 0.0640 e. The van der Waals surface area contributed by atoms with Gasteiger partial charge in [-0.25, -0.2) is 0 Å². The van der Waals surface area contributed by atoms with Crippen LogP contribution in [0.15, 0.2) is 0 Å². The van der Waals surface area contributed by atoms with Gasteiger partial charge in [0.05, 0.1) is 12.2 Å². The smallest absolute Gasteiger partial charge is 0.0640 e. The molecule has 4 saturated carbocycles. The lowest BCUT2D eigenvalue weighted by atomic mass is 9.68. The van der Waals surface area contributed by atoms with Gasteiger partial charge in [-0.05, 0) is 72.0 Å². The van der Waals surface area contributed by atoms with Crippen LogP contribution in [0.1, 0.15) is 80.1 Å². The maximum atomic E-state index is 6.92. The van der Waals surface area contributed by atoms with Crippen molar-refractivity contribution in [2.24, 2.45) is 33.5 Å². The van der Waals surface area contributed by atoms with Crippen LogP contribution >= 0.6 is 0 Å². The zero-order valence-electron chi connectivity index (χ0n) is 15.0. The molecule has 6 atom stereocenters. The van der Waals surface area contributed by atoms with Gasteiger partial charge in [-0.15, -0.1) is 0 Å². The molecule has 0 aromatic heterocycles. The Balaban J connectivity index is 1.57. The van der Waals surface area contributed by atoms with E-state index in [-0.39, 0.29) is 0 Å². The SMILES string of the molecule is CC1(C)C2CCC1(C)C(OC1CC3CCC1(C)C3(C)C)C2. The quantitative estimate of drug-likeness (QED) is 0.658.